The third-order valence-corrected chi connectivity index (χ3v) is 3.25. The Morgan fingerprint density at radius 2 is 2.00 bits per heavy atom. The molecular formula is C14H18O3. The van der Waals surface area contributed by atoms with Crippen LogP contribution in [0.25, 0.3) is 0 Å². The van der Waals surface area contributed by atoms with Gasteiger partial charge in [0.15, 0.2) is 0 Å². The maximum absolute atomic E-state index is 11.8. The van der Waals surface area contributed by atoms with Gasteiger partial charge in [-0.3, -0.25) is 4.79 Å². The number of hydrogen-bond donors (Lipinski definition) is 0. The van der Waals surface area contributed by atoms with E-state index in [1.54, 1.807) is 7.11 Å². The molecule has 0 radical (unpaired) electrons. The van der Waals surface area contributed by atoms with Gasteiger partial charge >= 0.3 is 5.97 Å². The molecule has 0 unspecified atom stereocenters. The minimum atomic E-state index is -0.0617. The van der Waals surface area contributed by atoms with E-state index in [2.05, 4.69) is 0 Å². The van der Waals surface area contributed by atoms with Crippen LogP contribution in [0.2, 0.25) is 0 Å². The van der Waals surface area contributed by atoms with Crippen molar-refractivity contribution in [2.24, 2.45) is 5.92 Å². The molecule has 0 atom stereocenters. The fourth-order valence-corrected chi connectivity index (χ4v) is 2.25. The Morgan fingerprint density at radius 1 is 1.29 bits per heavy atom. The summed E-state index contributed by atoms with van der Waals surface area (Å²) in [5.41, 5.74) is 0.918. The second-order valence-corrected chi connectivity index (χ2v) is 4.40. The molecule has 0 amide bonds. The molecule has 1 aromatic carbocycles. The molecule has 17 heavy (non-hydrogen) atoms. The molecule has 2 rings (SSSR count). The van der Waals surface area contributed by atoms with Crippen LogP contribution in [-0.2, 0) is 16.1 Å². The van der Waals surface area contributed by atoms with Crippen molar-refractivity contribution in [1.29, 1.82) is 0 Å². The minimum absolute atomic E-state index is 0.0617. The number of ether oxygens (including phenoxy) is 2. The third-order valence-electron chi connectivity index (χ3n) is 3.25. The van der Waals surface area contributed by atoms with Crippen LogP contribution >= 0.6 is 0 Å². The van der Waals surface area contributed by atoms with Crippen LogP contribution in [0.1, 0.15) is 31.2 Å². The lowest BCUT2D eigenvalue weighted by atomic mass is 10.1. The number of carbonyl (C=O) groups is 1. The Bertz CT molecular complexity index is 381. The Labute approximate surface area is 102 Å². The Balaban J connectivity index is 1.90. The molecule has 0 N–H and O–H groups in total. The normalized spacial score (nSPS) is 15.8. The number of para-hydroxylation sites is 1. The van der Waals surface area contributed by atoms with Crippen LogP contribution in [0.5, 0.6) is 5.75 Å². The molecule has 0 saturated heterocycles. The molecule has 0 aliphatic heterocycles. The summed E-state index contributed by atoms with van der Waals surface area (Å²) in [4.78, 5) is 11.8. The first kappa shape index (κ1) is 12.0. The van der Waals surface area contributed by atoms with Gasteiger partial charge in [-0.1, -0.05) is 31.0 Å². The number of rotatable bonds is 4. The molecule has 1 fully saturated rings. The van der Waals surface area contributed by atoms with Crippen LogP contribution in [0.4, 0.5) is 0 Å². The monoisotopic (exact) mass is 234 g/mol. The van der Waals surface area contributed by atoms with Crippen molar-refractivity contribution in [3.8, 4) is 5.75 Å². The van der Waals surface area contributed by atoms with Gasteiger partial charge in [-0.05, 0) is 18.9 Å². The number of benzene rings is 1. The van der Waals surface area contributed by atoms with Gasteiger partial charge < -0.3 is 9.47 Å². The van der Waals surface area contributed by atoms with E-state index in [1.165, 1.54) is 0 Å². The third kappa shape index (κ3) is 2.99. The number of esters is 1. The maximum atomic E-state index is 11.8. The van der Waals surface area contributed by atoms with Crippen molar-refractivity contribution in [2.75, 3.05) is 7.11 Å². The predicted molar refractivity (Wildman–Crippen MR) is 64.7 cm³/mol. The van der Waals surface area contributed by atoms with E-state index in [0.29, 0.717) is 6.61 Å². The van der Waals surface area contributed by atoms with Crippen LogP contribution < -0.4 is 4.74 Å². The van der Waals surface area contributed by atoms with Gasteiger partial charge in [-0.2, -0.15) is 0 Å². The van der Waals surface area contributed by atoms with Crippen LogP contribution in [0, 0.1) is 5.92 Å². The zero-order chi connectivity index (χ0) is 12.1. The smallest absolute Gasteiger partial charge is 0.309 e. The Morgan fingerprint density at radius 3 is 2.71 bits per heavy atom. The average Bonchev–Trinajstić information content (AvgIpc) is 2.90. The number of carbonyl (C=O) groups excluding carboxylic acids is 1. The maximum Gasteiger partial charge on any atom is 0.309 e. The quantitative estimate of drug-likeness (QED) is 0.751. The highest BCUT2D eigenvalue weighted by atomic mass is 16.5. The first-order valence-electron chi connectivity index (χ1n) is 6.10. The standard InChI is InChI=1S/C14H18O3/c1-16-13-9-5-4-8-12(13)10-17-14(15)11-6-2-3-7-11/h4-5,8-9,11H,2-3,6-7,10H2,1H3. The molecule has 1 saturated carbocycles. The van der Waals surface area contributed by atoms with E-state index in [0.717, 1.165) is 37.0 Å². The number of methoxy groups -OCH3 is 1. The second-order valence-electron chi connectivity index (χ2n) is 4.40. The molecule has 1 aliphatic carbocycles. The van der Waals surface area contributed by atoms with E-state index >= 15 is 0 Å². The minimum Gasteiger partial charge on any atom is -0.496 e. The van der Waals surface area contributed by atoms with Crippen molar-refractivity contribution < 1.29 is 14.3 Å². The Kier molecular flexibility index (Phi) is 4.02. The van der Waals surface area contributed by atoms with Gasteiger partial charge in [-0.25, -0.2) is 0 Å². The van der Waals surface area contributed by atoms with Crippen molar-refractivity contribution >= 4 is 5.97 Å². The molecule has 0 heterocycles. The van der Waals surface area contributed by atoms with Gasteiger partial charge in [0, 0.05) is 5.56 Å². The van der Waals surface area contributed by atoms with Crippen molar-refractivity contribution in [3.63, 3.8) is 0 Å². The lowest BCUT2D eigenvalue weighted by molar-refractivity contribution is -0.149. The van der Waals surface area contributed by atoms with E-state index in [4.69, 9.17) is 9.47 Å². The fraction of sp³-hybridized carbons (Fsp3) is 0.500. The average molecular weight is 234 g/mol. The fourth-order valence-electron chi connectivity index (χ4n) is 2.25. The van der Waals surface area contributed by atoms with Crippen LogP contribution in [-0.4, -0.2) is 13.1 Å². The van der Waals surface area contributed by atoms with E-state index in [-0.39, 0.29) is 11.9 Å². The highest BCUT2D eigenvalue weighted by Crippen LogP contribution is 2.26. The summed E-state index contributed by atoms with van der Waals surface area (Å²) in [6.45, 7) is 0.305. The molecule has 3 nitrogen and oxygen atoms in total. The van der Waals surface area contributed by atoms with Crippen LogP contribution in [0.15, 0.2) is 24.3 Å². The summed E-state index contributed by atoms with van der Waals surface area (Å²) in [7, 11) is 1.62. The summed E-state index contributed by atoms with van der Waals surface area (Å²) in [5.74, 6) is 0.824. The van der Waals surface area contributed by atoms with Gasteiger partial charge in [0.1, 0.15) is 12.4 Å². The molecule has 0 aromatic heterocycles. The lowest BCUT2D eigenvalue weighted by Gasteiger charge is -2.11. The predicted octanol–water partition coefficient (Wildman–Crippen LogP) is 2.93. The van der Waals surface area contributed by atoms with Gasteiger partial charge in [0.25, 0.3) is 0 Å². The van der Waals surface area contributed by atoms with Crippen molar-refractivity contribution in [2.45, 2.75) is 32.3 Å². The molecule has 0 bridgehead atoms. The highest BCUT2D eigenvalue weighted by molar-refractivity contribution is 5.72. The zero-order valence-corrected chi connectivity index (χ0v) is 10.1. The van der Waals surface area contributed by atoms with E-state index in [1.807, 2.05) is 24.3 Å². The topological polar surface area (TPSA) is 35.5 Å². The van der Waals surface area contributed by atoms with Gasteiger partial charge in [-0.15, -0.1) is 0 Å². The van der Waals surface area contributed by atoms with Crippen molar-refractivity contribution in [3.05, 3.63) is 29.8 Å². The van der Waals surface area contributed by atoms with Crippen LogP contribution in [0.3, 0.4) is 0 Å². The first-order valence-corrected chi connectivity index (χ1v) is 6.10. The number of hydrogen-bond acceptors (Lipinski definition) is 3. The second kappa shape index (κ2) is 5.71. The van der Waals surface area contributed by atoms with E-state index < -0.39 is 0 Å². The lowest BCUT2D eigenvalue weighted by Crippen LogP contribution is -2.14. The van der Waals surface area contributed by atoms with E-state index in [9.17, 15) is 4.79 Å². The van der Waals surface area contributed by atoms with Crippen molar-refractivity contribution in [1.82, 2.24) is 0 Å². The summed E-state index contributed by atoms with van der Waals surface area (Å²) in [6.07, 6.45) is 4.25. The molecular weight excluding hydrogens is 216 g/mol. The largest absolute Gasteiger partial charge is 0.496 e. The highest BCUT2D eigenvalue weighted by Gasteiger charge is 2.24. The summed E-state index contributed by atoms with van der Waals surface area (Å²) < 4.78 is 10.5. The SMILES string of the molecule is COc1ccccc1COC(=O)C1CCCC1. The summed E-state index contributed by atoms with van der Waals surface area (Å²) >= 11 is 0. The molecule has 3 heteroatoms. The van der Waals surface area contributed by atoms with Gasteiger partial charge in [0.2, 0.25) is 0 Å². The van der Waals surface area contributed by atoms with Gasteiger partial charge in [0.05, 0.1) is 13.0 Å². The molecule has 1 aromatic rings. The summed E-state index contributed by atoms with van der Waals surface area (Å²) in [6, 6.07) is 7.61. The molecule has 1 aliphatic rings. The zero-order valence-electron chi connectivity index (χ0n) is 10.1. The molecule has 0 spiro atoms. The first-order chi connectivity index (χ1) is 8.31. The summed E-state index contributed by atoms with van der Waals surface area (Å²) in [5, 5.41) is 0. The Hall–Kier alpha value is -1.51. The molecule has 92 valence electrons.